The Kier molecular flexibility index (Phi) is 6.99. The van der Waals surface area contributed by atoms with E-state index in [1.54, 1.807) is 36.0 Å². The maximum atomic E-state index is 12.7. The van der Waals surface area contributed by atoms with E-state index in [1.807, 2.05) is 18.2 Å². The lowest BCUT2D eigenvalue weighted by molar-refractivity contribution is -0.144. The molecule has 0 aliphatic carbocycles. The molecule has 5 rings (SSSR count). The van der Waals surface area contributed by atoms with Gasteiger partial charge in [0.1, 0.15) is 23.1 Å². The monoisotopic (exact) mass is 519 g/mol. The van der Waals surface area contributed by atoms with Crippen LogP contribution in [-0.2, 0) is 26.2 Å². The minimum atomic E-state index is -0.696. The van der Waals surface area contributed by atoms with Crippen LogP contribution < -0.4 is 20.1 Å². The number of piperidine rings is 2. The summed E-state index contributed by atoms with van der Waals surface area (Å²) in [5.41, 5.74) is 1.88. The minimum Gasteiger partial charge on any atom is -0.497 e. The van der Waals surface area contributed by atoms with Gasteiger partial charge in [0.2, 0.25) is 11.8 Å². The highest BCUT2D eigenvalue weighted by atomic mass is 16.5. The molecule has 2 aliphatic rings. The number of amides is 4. The van der Waals surface area contributed by atoms with E-state index in [4.69, 9.17) is 9.47 Å². The van der Waals surface area contributed by atoms with E-state index in [0.717, 1.165) is 10.9 Å². The van der Waals surface area contributed by atoms with Crippen molar-refractivity contribution in [2.45, 2.75) is 37.7 Å². The van der Waals surface area contributed by atoms with E-state index in [2.05, 4.69) is 15.7 Å². The Morgan fingerprint density at radius 2 is 1.84 bits per heavy atom. The number of hydrogen-bond acceptors (Lipinski definition) is 7. The van der Waals surface area contributed by atoms with Crippen LogP contribution in [0.3, 0.4) is 0 Å². The molecule has 11 nitrogen and oxygen atoms in total. The number of likely N-dealkylation sites (tertiary alicyclic amines) is 1. The third-order valence-electron chi connectivity index (χ3n) is 6.97. The number of ether oxygens (including phenoxy) is 2. The minimum absolute atomic E-state index is 0.153. The second-order valence-electron chi connectivity index (χ2n) is 9.46. The molecule has 1 atom stereocenters. The molecule has 2 fully saturated rings. The van der Waals surface area contributed by atoms with E-state index in [-0.39, 0.29) is 24.3 Å². The Labute approximate surface area is 219 Å². The number of carbonyl (C=O) groups is 4. The fourth-order valence-electron chi connectivity index (χ4n) is 5.02. The van der Waals surface area contributed by atoms with Gasteiger partial charge in [0.25, 0.3) is 0 Å². The summed E-state index contributed by atoms with van der Waals surface area (Å²) in [6, 6.07) is 12.4. The van der Waals surface area contributed by atoms with Crippen molar-refractivity contribution in [3.8, 4) is 11.5 Å². The highest BCUT2D eigenvalue weighted by molar-refractivity contribution is 6.39. The van der Waals surface area contributed by atoms with E-state index in [9.17, 15) is 19.2 Å². The number of aryl methyl sites for hydroxylation is 1. The van der Waals surface area contributed by atoms with Gasteiger partial charge in [-0.1, -0.05) is 18.2 Å². The molecule has 3 aromatic rings. The molecule has 4 amide bonds. The number of aromatic nitrogens is 2. The van der Waals surface area contributed by atoms with Crippen LogP contribution in [0, 0.1) is 0 Å². The van der Waals surface area contributed by atoms with E-state index in [0.29, 0.717) is 55.2 Å². The summed E-state index contributed by atoms with van der Waals surface area (Å²) in [6.45, 7) is 0.774. The Morgan fingerprint density at radius 3 is 2.58 bits per heavy atom. The average molecular weight is 520 g/mol. The molecule has 2 N–H and O–H groups in total. The summed E-state index contributed by atoms with van der Waals surface area (Å²) in [5, 5.41) is 10.4. The van der Waals surface area contributed by atoms with Gasteiger partial charge in [0.05, 0.1) is 18.7 Å². The normalized spacial score (nSPS) is 18.3. The molecule has 2 aromatic carbocycles. The lowest BCUT2D eigenvalue weighted by Gasteiger charge is -2.31. The van der Waals surface area contributed by atoms with Crippen LogP contribution in [-0.4, -0.2) is 64.6 Å². The van der Waals surface area contributed by atoms with Gasteiger partial charge in [-0.2, -0.15) is 5.10 Å². The molecule has 1 unspecified atom stereocenters. The fraction of sp³-hybridized carbons (Fsp3) is 0.370. The van der Waals surface area contributed by atoms with Crippen LogP contribution >= 0.6 is 0 Å². The maximum Gasteiger partial charge on any atom is 0.313 e. The maximum absolute atomic E-state index is 12.7. The standard InChI is InChI=1S/C27H29N5O6/c1-31-24-19(23(30-31)20-9-10-22(33)29-25(20)34)7-4-8-21(24)38-17-11-13-32(14-12-17)27(36)26(35)28-16-5-3-6-18(15-16)37-2/h3-8,15,17,20H,9-14H2,1-2H3,(H,28,35)(H,29,33,34). The summed E-state index contributed by atoms with van der Waals surface area (Å²) < 4.78 is 13.2. The number of fused-ring (bicyclic) bond motifs is 1. The number of para-hydroxylation sites is 1. The van der Waals surface area contributed by atoms with E-state index < -0.39 is 17.7 Å². The van der Waals surface area contributed by atoms with Gasteiger partial charge in [-0.3, -0.25) is 29.2 Å². The Bertz CT molecular complexity index is 1410. The first-order valence-electron chi connectivity index (χ1n) is 12.5. The molecular formula is C27H29N5O6. The number of hydrogen-bond donors (Lipinski definition) is 2. The van der Waals surface area contributed by atoms with Crippen LogP contribution in [0.5, 0.6) is 11.5 Å². The van der Waals surface area contributed by atoms with E-state index >= 15 is 0 Å². The predicted molar refractivity (Wildman–Crippen MR) is 138 cm³/mol. The lowest BCUT2D eigenvalue weighted by Crippen LogP contribution is -2.46. The van der Waals surface area contributed by atoms with Crippen molar-refractivity contribution in [3.05, 3.63) is 48.2 Å². The highest BCUT2D eigenvalue weighted by Gasteiger charge is 2.33. The number of methoxy groups -OCH3 is 1. The van der Waals surface area contributed by atoms with Gasteiger partial charge >= 0.3 is 11.8 Å². The second kappa shape index (κ2) is 10.5. The number of nitrogens with zero attached hydrogens (tertiary/aromatic N) is 3. The summed E-state index contributed by atoms with van der Waals surface area (Å²) in [5.74, 6) is -1.16. The SMILES string of the molecule is COc1cccc(NC(=O)C(=O)N2CCC(Oc3cccc4c(C5CCC(=O)NC5=O)nn(C)c34)CC2)c1. The van der Waals surface area contributed by atoms with Crippen molar-refractivity contribution < 1.29 is 28.7 Å². The first-order valence-corrected chi connectivity index (χ1v) is 12.5. The zero-order valence-corrected chi connectivity index (χ0v) is 21.2. The molecule has 2 aliphatic heterocycles. The quantitative estimate of drug-likeness (QED) is 0.390. The van der Waals surface area contributed by atoms with Crippen molar-refractivity contribution in [2.75, 3.05) is 25.5 Å². The smallest absolute Gasteiger partial charge is 0.313 e. The molecule has 38 heavy (non-hydrogen) atoms. The van der Waals surface area contributed by atoms with Crippen molar-refractivity contribution in [1.29, 1.82) is 0 Å². The first kappa shape index (κ1) is 25.2. The van der Waals surface area contributed by atoms with Gasteiger partial charge in [-0.15, -0.1) is 0 Å². The Hall–Kier alpha value is -4.41. The third-order valence-corrected chi connectivity index (χ3v) is 6.97. The number of anilines is 1. The Balaban J connectivity index is 1.23. The molecule has 3 heterocycles. The summed E-state index contributed by atoms with van der Waals surface area (Å²) in [7, 11) is 3.33. The number of carbonyl (C=O) groups excluding carboxylic acids is 4. The van der Waals surface area contributed by atoms with Gasteiger partial charge in [-0.25, -0.2) is 0 Å². The van der Waals surface area contributed by atoms with Crippen LogP contribution in [0.25, 0.3) is 10.9 Å². The van der Waals surface area contributed by atoms with Crippen molar-refractivity contribution in [2.24, 2.45) is 7.05 Å². The molecule has 11 heteroatoms. The van der Waals surface area contributed by atoms with Crippen LogP contribution in [0.15, 0.2) is 42.5 Å². The molecule has 2 saturated heterocycles. The topological polar surface area (TPSA) is 132 Å². The first-order chi connectivity index (χ1) is 18.3. The average Bonchev–Trinajstić information content (AvgIpc) is 3.25. The number of imide groups is 1. The largest absolute Gasteiger partial charge is 0.497 e. The van der Waals surface area contributed by atoms with Crippen LogP contribution in [0.4, 0.5) is 5.69 Å². The molecule has 1 aromatic heterocycles. The Morgan fingerprint density at radius 1 is 1.08 bits per heavy atom. The molecule has 0 spiro atoms. The molecule has 0 bridgehead atoms. The summed E-state index contributed by atoms with van der Waals surface area (Å²) in [6.07, 6.45) is 1.66. The zero-order chi connectivity index (χ0) is 26.8. The van der Waals surface area contributed by atoms with Crippen molar-refractivity contribution >= 4 is 40.2 Å². The van der Waals surface area contributed by atoms with Gasteiger partial charge in [0.15, 0.2) is 0 Å². The number of rotatable bonds is 5. The molecule has 0 radical (unpaired) electrons. The molecule has 0 saturated carbocycles. The molecule has 198 valence electrons. The van der Waals surface area contributed by atoms with Crippen LogP contribution in [0.1, 0.15) is 37.3 Å². The van der Waals surface area contributed by atoms with Gasteiger partial charge < -0.3 is 19.7 Å². The summed E-state index contributed by atoms with van der Waals surface area (Å²) >= 11 is 0. The van der Waals surface area contributed by atoms with Crippen molar-refractivity contribution in [1.82, 2.24) is 20.0 Å². The second-order valence-corrected chi connectivity index (χ2v) is 9.46. The molecular weight excluding hydrogens is 490 g/mol. The zero-order valence-electron chi connectivity index (χ0n) is 21.2. The highest BCUT2D eigenvalue weighted by Crippen LogP contribution is 2.35. The van der Waals surface area contributed by atoms with E-state index in [1.165, 1.54) is 12.0 Å². The van der Waals surface area contributed by atoms with Crippen LogP contribution in [0.2, 0.25) is 0 Å². The number of benzene rings is 2. The van der Waals surface area contributed by atoms with Crippen molar-refractivity contribution in [3.63, 3.8) is 0 Å². The summed E-state index contributed by atoms with van der Waals surface area (Å²) in [4.78, 5) is 50.8. The van der Waals surface area contributed by atoms with Gasteiger partial charge in [-0.05, 0) is 24.6 Å². The van der Waals surface area contributed by atoms with Gasteiger partial charge in [0, 0.05) is 56.5 Å². The number of nitrogens with one attached hydrogen (secondary N) is 2. The lowest BCUT2D eigenvalue weighted by atomic mass is 9.93. The fourth-order valence-corrected chi connectivity index (χ4v) is 5.02. The third kappa shape index (κ3) is 5.04. The predicted octanol–water partition coefficient (Wildman–Crippen LogP) is 2.11.